The molecule has 6 aromatic rings. The molecular weight excluding hydrogens is 757 g/mol. The van der Waals surface area contributed by atoms with Crippen molar-refractivity contribution in [1.82, 2.24) is 8.96 Å². The highest BCUT2D eigenvalue weighted by molar-refractivity contribution is 7.90. The Morgan fingerprint density at radius 3 is 1.89 bits per heavy atom. The number of pyridine rings is 1. The van der Waals surface area contributed by atoms with Gasteiger partial charge in [-0.05, 0) is 76.1 Å². The smallest absolute Gasteiger partial charge is 0.269 e. The van der Waals surface area contributed by atoms with Crippen molar-refractivity contribution in [3.63, 3.8) is 0 Å². The maximum atomic E-state index is 14.6. The summed E-state index contributed by atoms with van der Waals surface area (Å²) in [6, 6.07) is 39.6. The van der Waals surface area contributed by atoms with E-state index >= 15 is 0 Å². The van der Waals surface area contributed by atoms with Gasteiger partial charge in [0.25, 0.3) is 18.3 Å². The topological polar surface area (TPSA) is 105 Å². The van der Waals surface area contributed by atoms with E-state index < -0.39 is 28.2 Å². The third-order valence-electron chi connectivity index (χ3n) is 10.6. The summed E-state index contributed by atoms with van der Waals surface area (Å²) in [5.41, 5.74) is 2.14. The first kappa shape index (κ1) is 39.4. The van der Waals surface area contributed by atoms with E-state index in [1.807, 2.05) is 24.3 Å². The molecule has 4 aromatic carbocycles. The number of aromatic nitrogens is 2. The van der Waals surface area contributed by atoms with E-state index in [2.05, 4.69) is 75.4 Å². The van der Waals surface area contributed by atoms with Gasteiger partial charge in [-0.25, -0.2) is 25.8 Å². The molecule has 1 fully saturated rings. The van der Waals surface area contributed by atoms with Crippen molar-refractivity contribution in [1.29, 1.82) is 0 Å². The van der Waals surface area contributed by atoms with E-state index in [1.165, 1.54) is 20.6 Å². The van der Waals surface area contributed by atoms with Crippen LogP contribution in [0, 0.1) is 5.92 Å². The molecule has 0 saturated heterocycles. The fourth-order valence-corrected chi connectivity index (χ4v) is 14.6. The van der Waals surface area contributed by atoms with Crippen molar-refractivity contribution < 1.29 is 26.0 Å². The Labute approximate surface area is 332 Å². The molecule has 8 nitrogen and oxygen atoms in total. The molecule has 2 heterocycles. The van der Waals surface area contributed by atoms with Crippen LogP contribution in [0.2, 0.25) is 5.04 Å². The second kappa shape index (κ2) is 16.0. The summed E-state index contributed by atoms with van der Waals surface area (Å²) in [6.45, 7) is 7.29. The number of sulfone groups is 1. The van der Waals surface area contributed by atoms with Crippen LogP contribution >= 0.6 is 0 Å². The van der Waals surface area contributed by atoms with Crippen LogP contribution in [0.4, 0.5) is 0 Å². The van der Waals surface area contributed by atoms with Crippen LogP contribution in [0.15, 0.2) is 149 Å². The summed E-state index contributed by atoms with van der Waals surface area (Å²) in [5, 5.41) is 2.77. The zero-order valence-electron chi connectivity index (χ0n) is 32.3. The number of hydrogen-bond donors (Lipinski definition) is 0. The second-order valence-corrected chi connectivity index (χ2v) is 23.6. The lowest BCUT2D eigenvalue weighted by Crippen LogP contribution is -2.66. The molecular formula is C45H48N2O6S2Si. The average Bonchev–Trinajstić information content (AvgIpc) is 3.85. The number of allylic oxidation sites excluding steroid dienone is 1. The molecule has 0 N–H and O–H groups in total. The predicted octanol–water partition coefficient (Wildman–Crippen LogP) is 8.25. The monoisotopic (exact) mass is 804 g/mol. The summed E-state index contributed by atoms with van der Waals surface area (Å²) in [4.78, 5) is 5.06. The minimum Gasteiger partial charge on any atom is -0.490 e. The molecule has 11 heteroatoms. The number of fused-ring (bicyclic) bond motifs is 1. The van der Waals surface area contributed by atoms with Gasteiger partial charge in [0.1, 0.15) is 12.4 Å². The summed E-state index contributed by atoms with van der Waals surface area (Å²) >= 11 is 0. The number of rotatable bonds is 13. The fourth-order valence-electron chi connectivity index (χ4n) is 7.94. The Kier molecular flexibility index (Phi) is 11.2. The Morgan fingerprint density at radius 1 is 0.768 bits per heavy atom. The largest absolute Gasteiger partial charge is 0.490 e. The Hall–Kier alpha value is -4.81. The van der Waals surface area contributed by atoms with Gasteiger partial charge in [0.15, 0.2) is 15.5 Å². The van der Waals surface area contributed by atoms with Gasteiger partial charge in [0.05, 0.1) is 28.3 Å². The van der Waals surface area contributed by atoms with E-state index in [-0.39, 0.29) is 33.0 Å². The van der Waals surface area contributed by atoms with E-state index in [0.717, 1.165) is 25.7 Å². The Bertz CT molecular complexity index is 2510. The van der Waals surface area contributed by atoms with Crippen LogP contribution in [0.5, 0.6) is 5.75 Å². The lowest BCUT2D eigenvalue weighted by molar-refractivity contribution is 0.208. The highest BCUT2D eigenvalue weighted by Crippen LogP contribution is 2.38. The molecule has 0 radical (unpaired) electrons. The fraction of sp³-hybridized carbons (Fsp3) is 0.267. The van der Waals surface area contributed by atoms with E-state index in [9.17, 15) is 16.8 Å². The highest BCUT2D eigenvalue weighted by atomic mass is 32.2. The molecule has 0 bridgehead atoms. The van der Waals surface area contributed by atoms with Crippen molar-refractivity contribution in [2.75, 3.05) is 19.5 Å². The van der Waals surface area contributed by atoms with Crippen LogP contribution in [0.1, 0.15) is 57.7 Å². The molecule has 0 amide bonds. The van der Waals surface area contributed by atoms with Gasteiger partial charge in [-0.1, -0.05) is 131 Å². The van der Waals surface area contributed by atoms with Crippen LogP contribution in [0.25, 0.3) is 16.6 Å². The lowest BCUT2D eigenvalue weighted by atomic mass is 9.96. The van der Waals surface area contributed by atoms with E-state index in [0.29, 0.717) is 34.6 Å². The van der Waals surface area contributed by atoms with Crippen molar-refractivity contribution >= 4 is 55.2 Å². The van der Waals surface area contributed by atoms with E-state index in [1.54, 1.807) is 60.8 Å². The van der Waals surface area contributed by atoms with Gasteiger partial charge in [-0.3, -0.25) is 0 Å². The predicted molar refractivity (Wildman–Crippen MR) is 226 cm³/mol. The zero-order valence-corrected chi connectivity index (χ0v) is 34.9. The molecule has 290 valence electrons. The summed E-state index contributed by atoms with van der Waals surface area (Å²) < 4.78 is 68.5. The van der Waals surface area contributed by atoms with Crippen LogP contribution in [-0.4, -0.2) is 53.6 Å². The Balaban J connectivity index is 1.27. The first-order chi connectivity index (χ1) is 26.8. The molecule has 1 aliphatic rings. The Morgan fingerprint density at radius 2 is 1.34 bits per heavy atom. The van der Waals surface area contributed by atoms with Crippen LogP contribution in [-0.2, 0) is 24.3 Å². The van der Waals surface area contributed by atoms with Gasteiger partial charge < -0.3 is 9.16 Å². The third-order valence-corrected chi connectivity index (χ3v) is 18.5. The van der Waals surface area contributed by atoms with Crippen molar-refractivity contribution in [3.8, 4) is 5.75 Å². The lowest BCUT2D eigenvalue weighted by Gasteiger charge is -2.43. The summed E-state index contributed by atoms with van der Waals surface area (Å²) in [6.07, 6.45) is 9.05. The molecule has 0 atom stereocenters. The summed E-state index contributed by atoms with van der Waals surface area (Å²) in [5.74, 6) is 0.732. The maximum Gasteiger partial charge on any atom is 0.269 e. The number of hydrogen-bond acceptors (Lipinski definition) is 7. The van der Waals surface area contributed by atoms with Gasteiger partial charge in [0, 0.05) is 17.2 Å². The van der Waals surface area contributed by atoms with Crippen molar-refractivity contribution in [2.24, 2.45) is 5.92 Å². The highest BCUT2D eigenvalue weighted by Gasteiger charge is 2.50. The maximum absolute atomic E-state index is 14.6. The van der Waals surface area contributed by atoms with Crippen LogP contribution in [0.3, 0.4) is 0 Å². The quantitative estimate of drug-likeness (QED) is 0.0856. The van der Waals surface area contributed by atoms with E-state index in [4.69, 9.17) is 14.1 Å². The van der Waals surface area contributed by atoms with Crippen molar-refractivity contribution in [2.45, 2.75) is 61.3 Å². The summed E-state index contributed by atoms with van der Waals surface area (Å²) in [7, 11) is -10.3. The minimum atomic E-state index is -4.13. The normalized spacial score (nSPS) is 14.7. The van der Waals surface area contributed by atoms with Gasteiger partial charge in [-0.2, -0.15) is 0 Å². The molecule has 7 rings (SSSR count). The standard InChI is InChI=1S/C45H48N2O6S2Si/c1-45(2,3)56(40-20-10-6-11-21-40,41-22-12-7-13-23-41)53-29-28-52-37-31-36-32-43(47(44(36)46-33-37)55(50,51)39-18-8-5-9-19-39)42(30-34-16-14-15-17-34)35-24-26-38(27-25-35)54(4,48)49/h5-13,18-27,30-34H,14-17,28-29H2,1-4H3/b42-30+. The number of benzene rings is 4. The molecule has 56 heavy (non-hydrogen) atoms. The minimum absolute atomic E-state index is 0.133. The molecule has 0 unspecified atom stereocenters. The van der Waals surface area contributed by atoms with Gasteiger partial charge in [0.2, 0.25) is 0 Å². The van der Waals surface area contributed by atoms with Gasteiger partial charge in [-0.15, -0.1) is 0 Å². The van der Waals surface area contributed by atoms with Crippen LogP contribution < -0.4 is 15.1 Å². The second-order valence-electron chi connectivity index (χ2n) is 15.5. The van der Waals surface area contributed by atoms with Crippen molar-refractivity contribution in [3.05, 3.63) is 151 Å². The number of nitrogens with zero attached hydrogens (tertiary/aromatic N) is 2. The SMILES string of the molecule is CC(C)(C)[Si](OCCOc1cnc2c(c1)cc(/C(=C/C1CCCC1)c1ccc(S(C)(=O)=O)cc1)n2S(=O)(=O)c1ccccc1)(c1ccccc1)c1ccccc1. The average molecular weight is 805 g/mol. The zero-order chi connectivity index (χ0) is 39.6. The van der Waals surface area contributed by atoms with Gasteiger partial charge >= 0.3 is 0 Å². The molecule has 1 saturated carbocycles. The molecule has 2 aromatic heterocycles. The first-order valence-electron chi connectivity index (χ1n) is 19.0. The number of ether oxygens (including phenoxy) is 1. The first-order valence-corrected chi connectivity index (χ1v) is 24.3. The molecule has 0 aliphatic heterocycles. The third kappa shape index (κ3) is 7.91. The molecule has 0 spiro atoms. The molecule has 1 aliphatic carbocycles.